The van der Waals surface area contributed by atoms with Crippen LogP contribution in [-0.4, -0.2) is 36.9 Å². The maximum Gasteiger partial charge on any atom is 0.416 e. The van der Waals surface area contributed by atoms with Crippen molar-refractivity contribution in [1.82, 2.24) is 9.55 Å². The number of hydrogen-bond donors (Lipinski definition) is 3. The van der Waals surface area contributed by atoms with Crippen molar-refractivity contribution in [3.8, 4) is 28.5 Å². The third kappa shape index (κ3) is 3.67. The molecule has 2 aromatic heterocycles. The van der Waals surface area contributed by atoms with Gasteiger partial charge in [-0.2, -0.15) is 0 Å². The molecule has 2 aromatic carbocycles. The second-order valence-corrected chi connectivity index (χ2v) is 6.53. The SMILES string of the molecule is O=C(Oc1ccc(-c2cc(=O)c3ccc(O)cc3n2C(=O)O)cc1O)c1cccnc1. The molecule has 0 saturated carbocycles. The Labute approximate surface area is 174 Å². The maximum atomic E-state index is 12.5. The Kier molecular flexibility index (Phi) is 4.84. The molecule has 154 valence electrons. The van der Waals surface area contributed by atoms with E-state index in [-0.39, 0.29) is 39.2 Å². The summed E-state index contributed by atoms with van der Waals surface area (Å²) >= 11 is 0. The zero-order chi connectivity index (χ0) is 22.1. The van der Waals surface area contributed by atoms with Crippen LogP contribution >= 0.6 is 0 Å². The van der Waals surface area contributed by atoms with Crippen LogP contribution in [0.1, 0.15) is 10.4 Å². The molecule has 0 radical (unpaired) electrons. The van der Waals surface area contributed by atoms with Crippen molar-refractivity contribution >= 4 is 23.0 Å². The molecule has 0 atom stereocenters. The summed E-state index contributed by atoms with van der Waals surface area (Å²) in [7, 11) is 0. The highest BCUT2D eigenvalue weighted by Crippen LogP contribution is 2.33. The van der Waals surface area contributed by atoms with Gasteiger partial charge in [-0.05, 0) is 42.5 Å². The highest BCUT2D eigenvalue weighted by Gasteiger charge is 2.18. The molecule has 0 aliphatic rings. The lowest BCUT2D eigenvalue weighted by Gasteiger charge is -2.14. The van der Waals surface area contributed by atoms with Gasteiger partial charge in [0, 0.05) is 35.5 Å². The zero-order valence-electron chi connectivity index (χ0n) is 15.7. The van der Waals surface area contributed by atoms with Crippen molar-refractivity contribution in [2.75, 3.05) is 0 Å². The lowest BCUT2D eigenvalue weighted by atomic mass is 10.1. The molecule has 2 heterocycles. The average Bonchev–Trinajstić information content (AvgIpc) is 2.75. The van der Waals surface area contributed by atoms with Crippen LogP contribution < -0.4 is 10.2 Å². The molecule has 0 amide bonds. The van der Waals surface area contributed by atoms with Gasteiger partial charge in [0.1, 0.15) is 5.75 Å². The molecule has 0 bridgehead atoms. The molecule has 0 aliphatic carbocycles. The van der Waals surface area contributed by atoms with E-state index in [4.69, 9.17) is 4.74 Å². The highest BCUT2D eigenvalue weighted by molar-refractivity contribution is 5.93. The topological polar surface area (TPSA) is 139 Å². The molecule has 31 heavy (non-hydrogen) atoms. The van der Waals surface area contributed by atoms with E-state index in [0.29, 0.717) is 0 Å². The number of phenolic OH excluding ortho intramolecular Hbond substituents is 2. The summed E-state index contributed by atoms with van der Waals surface area (Å²) < 4.78 is 5.99. The van der Waals surface area contributed by atoms with Crippen LogP contribution in [0.2, 0.25) is 0 Å². The summed E-state index contributed by atoms with van der Waals surface area (Å²) in [6.45, 7) is 0. The second-order valence-electron chi connectivity index (χ2n) is 6.53. The largest absolute Gasteiger partial charge is 0.508 e. The highest BCUT2D eigenvalue weighted by atomic mass is 16.5. The van der Waals surface area contributed by atoms with E-state index in [2.05, 4.69) is 4.98 Å². The first-order valence-electron chi connectivity index (χ1n) is 8.93. The third-order valence-electron chi connectivity index (χ3n) is 4.54. The summed E-state index contributed by atoms with van der Waals surface area (Å²) in [5.74, 6) is -1.53. The lowest BCUT2D eigenvalue weighted by molar-refractivity contribution is 0.0729. The Morgan fingerprint density at radius 3 is 2.48 bits per heavy atom. The molecule has 0 fully saturated rings. The number of esters is 1. The zero-order valence-corrected chi connectivity index (χ0v) is 15.7. The first kappa shape index (κ1) is 19.6. The summed E-state index contributed by atoms with van der Waals surface area (Å²) in [4.78, 5) is 40.4. The number of fused-ring (bicyclic) bond motifs is 1. The van der Waals surface area contributed by atoms with Gasteiger partial charge in [-0.3, -0.25) is 9.78 Å². The minimum Gasteiger partial charge on any atom is -0.508 e. The predicted molar refractivity (Wildman–Crippen MR) is 110 cm³/mol. The number of hydrogen-bond acceptors (Lipinski definition) is 7. The number of aromatic nitrogens is 2. The fourth-order valence-electron chi connectivity index (χ4n) is 3.13. The van der Waals surface area contributed by atoms with Crippen LogP contribution in [0.15, 0.2) is 71.8 Å². The molecule has 3 N–H and O–H groups in total. The number of ether oxygens (including phenoxy) is 1. The van der Waals surface area contributed by atoms with Gasteiger partial charge in [0.05, 0.1) is 16.8 Å². The Morgan fingerprint density at radius 1 is 1.00 bits per heavy atom. The summed E-state index contributed by atoms with van der Waals surface area (Å²) in [6, 6.07) is 11.8. The van der Waals surface area contributed by atoms with Gasteiger partial charge >= 0.3 is 12.1 Å². The molecule has 0 spiro atoms. The van der Waals surface area contributed by atoms with Crippen LogP contribution in [0.4, 0.5) is 4.79 Å². The van der Waals surface area contributed by atoms with Crippen LogP contribution in [0.5, 0.6) is 17.2 Å². The van der Waals surface area contributed by atoms with Crippen molar-refractivity contribution in [2.24, 2.45) is 0 Å². The lowest BCUT2D eigenvalue weighted by Crippen LogP contribution is -2.17. The van der Waals surface area contributed by atoms with E-state index in [9.17, 15) is 29.7 Å². The molecule has 0 saturated heterocycles. The van der Waals surface area contributed by atoms with Gasteiger partial charge in [-0.1, -0.05) is 0 Å². The predicted octanol–water partition coefficient (Wildman–Crippen LogP) is 3.22. The fourth-order valence-corrected chi connectivity index (χ4v) is 3.13. The standard InChI is InChI=1S/C22H14N2O7/c25-14-4-5-15-17(9-14)24(22(29)30)16(10-18(15)26)12-3-6-20(19(27)8-12)31-21(28)13-2-1-7-23-11-13/h1-11,25,27H,(H,29,30). The van der Waals surface area contributed by atoms with Gasteiger partial charge in [0.25, 0.3) is 0 Å². The second kappa shape index (κ2) is 7.64. The van der Waals surface area contributed by atoms with Crippen molar-refractivity contribution in [3.63, 3.8) is 0 Å². The van der Waals surface area contributed by atoms with Crippen molar-refractivity contribution < 1.29 is 29.6 Å². The number of phenols is 2. The molecule has 0 unspecified atom stereocenters. The first-order valence-corrected chi connectivity index (χ1v) is 8.93. The van der Waals surface area contributed by atoms with E-state index in [1.165, 1.54) is 48.8 Å². The Morgan fingerprint density at radius 2 is 1.81 bits per heavy atom. The fraction of sp³-hybridized carbons (Fsp3) is 0. The van der Waals surface area contributed by atoms with Gasteiger partial charge in [-0.15, -0.1) is 0 Å². The monoisotopic (exact) mass is 418 g/mol. The van der Waals surface area contributed by atoms with Crippen LogP contribution in [0, 0.1) is 0 Å². The van der Waals surface area contributed by atoms with E-state index < -0.39 is 23.2 Å². The number of carboxylic acid groups (broad SMARTS) is 1. The number of carbonyl (C=O) groups excluding carboxylic acids is 1. The van der Waals surface area contributed by atoms with Crippen LogP contribution in [0.25, 0.3) is 22.2 Å². The van der Waals surface area contributed by atoms with Gasteiger partial charge in [0.15, 0.2) is 16.9 Å². The number of aromatic hydroxyl groups is 2. The normalized spacial score (nSPS) is 10.7. The molecule has 4 rings (SSSR count). The summed E-state index contributed by atoms with van der Waals surface area (Å²) in [6.07, 6.45) is 1.41. The molecular weight excluding hydrogens is 404 g/mol. The Bertz CT molecular complexity index is 1390. The molecule has 4 aromatic rings. The van der Waals surface area contributed by atoms with Gasteiger partial charge < -0.3 is 20.1 Å². The summed E-state index contributed by atoms with van der Waals surface area (Å²) in [5.41, 5.74) is -0.143. The van der Waals surface area contributed by atoms with Crippen LogP contribution in [0.3, 0.4) is 0 Å². The number of rotatable bonds is 3. The van der Waals surface area contributed by atoms with Gasteiger partial charge in [0.2, 0.25) is 0 Å². The number of benzene rings is 2. The third-order valence-corrected chi connectivity index (χ3v) is 4.54. The molecule has 9 nitrogen and oxygen atoms in total. The summed E-state index contributed by atoms with van der Waals surface area (Å²) in [5, 5.41) is 29.9. The molecule has 9 heteroatoms. The van der Waals surface area contributed by atoms with Crippen molar-refractivity contribution in [3.05, 3.63) is 82.8 Å². The Balaban J connectivity index is 1.79. The van der Waals surface area contributed by atoms with Crippen molar-refractivity contribution in [2.45, 2.75) is 0 Å². The average molecular weight is 418 g/mol. The Hall–Kier alpha value is -4.66. The van der Waals surface area contributed by atoms with E-state index in [1.807, 2.05) is 0 Å². The minimum atomic E-state index is -1.39. The first-order chi connectivity index (χ1) is 14.8. The van der Waals surface area contributed by atoms with Gasteiger partial charge in [-0.25, -0.2) is 14.2 Å². The van der Waals surface area contributed by atoms with Crippen LogP contribution in [-0.2, 0) is 0 Å². The van der Waals surface area contributed by atoms with E-state index >= 15 is 0 Å². The smallest absolute Gasteiger partial charge is 0.416 e. The van der Waals surface area contributed by atoms with E-state index in [0.717, 1.165) is 16.7 Å². The number of nitrogens with zero attached hydrogens (tertiary/aromatic N) is 2. The number of carbonyl (C=O) groups is 2. The van der Waals surface area contributed by atoms with E-state index in [1.54, 1.807) is 6.07 Å². The van der Waals surface area contributed by atoms with Crippen molar-refractivity contribution in [1.29, 1.82) is 0 Å². The maximum absolute atomic E-state index is 12.5. The quantitative estimate of drug-likeness (QED) is 0.340. The molecule has 0 aliphatic heterocycles. The minimum absolute atomic E-state index is 0.0124. The number of pyridine rings is 2. The molecular formula is C22H14N2O7.